The molecule has 0 spiro atoms. The van der Waals surface area contributed by atoms with Crippen molar-refractivity contribution in [3.8, 4) is 0 Å². The van der Waals surface area contributed by atoms with Crippen molar-refractivity contribution in [2.24, 2.45) is 4.99 Å². The maximum atomic E-state index is 4.80. The number of nitrogens with one attached hydrogen (secondary N) is 1. The fraction of sp³-hybridized carbons (Fsp3) is 0.833. The fourth-order valence-corrected chi connectivity index (χ4v) is 0.447. The highest BCUT2D eigenvalue weighted by Gasteiger charge is 1.94. The summed E-state index contributed by atoms with van der Waals surface area (Å²) in [5, 5.41) is 0. The van der Waals surface area contributed by atoms with E-state index in [4.69, 9.17) is 4.84 Å². The van der Waals surface area contributed by atoms with Crippen LogP contribution in [0.5, 0.6) is 0 Å². The molecule has 0 unspecified atom stereocenters. The molecule has 0 aromatic carbocycles. The van der Waals surface area contributed by atoms with Crippen molar-refractivity contribution in [3.05, 3.63) is 0 Å². The van der Waals surface area contributed by atoms with Crippen molar-refractivity contribution in [1.82, 2.24) is 5.48 Å². The van der Waals surface area contributed by atoms with Crippen LogP contribution in [0.3, 0.4) is 0 Å². The fourth-order valence-electron chi connectivity index (χ4n) is 0.447. The maximum absolute atomic E-state index is 4.80. The lowest BCUT2D eigenvalue weighted by molar-refractivity contribution is 0.0816. The van der Waals surface area contributed by atoms with E-state index >= 15 is 0 Å². The Hall–Kier alpha value is -0.570. The van der Waals surface area contributed by atoms with Gasteiger partial charge in [0.1, 0.15) is 5.84 Å². The van der Waals surface area contributed by atoms with Gasteiger partial charge in [-0.15, -0.1) is 0 Å². The molecule has 0 aromatic heterocycles. The lowest BCUT2D eigenvalue weighted by Crippen LogP contribution is -2.27. The Morgan fingerprint density at radius 2 is 2.22 bits per heavy atom. The number of hydroxylamine groups is 1. The Bertz CT molecular complexity index is 91.1. The molecule has 0 amide bonds. The third-order valence-corrected chi connectivity index (χ3v) is 0.762. The molecule has 0 saturated carbocycles. The van der Waals surface area contributed by atoms with Gasteiger partial charge >= 0.3 is 0 Å². The molecule has 0 bridgehead atoms. The molecular formula is C6H14N2O. The summed E-state index contributed by atoms with van der Waals surface area (Å²) in [5.74, 6) is 0.867. The number of amidine groups is 1. The smallest absolute Gasteiger partial charge is 0.117 e. The van der Waals surface area contributed by atoms with Crippen LogP contribution in [0.15, 0.2) is 4.99 Å². The molecule has 0 fully saturated rings. The number of hydrogen-bond acceptors (Lipinski definition) is 3. The Kier molecular flexibility index (Phi) is 5.21. The lowest BCUT2D eigenvalue weighted by Gasteiger charge is -2.09. The molecule has 0 atom stereocenters. The SMILES string of the molecule is CC.CC1=NCCON1. The lowest BCUT2D eigenvalue weighted by atomic mass is 10.6. The number of hydrogen-bond donors (Lipinski definition) is 1. The van der Waals surface area contributed by atoms with E-state index in [2.05, 4.69) is 10.5 Å². The number of rotatable bonds is 0. The summed E-state index contributed by atoms with van der Waals surface area (Å²) >= 11 is 0. The molecule has 1 aliphatic heterocycles. The molecule has 3 heteroatoms. The van der Waals surface area contributed by atoms with Crippen molar-refractivity contribution in [2.75, 3.05) is 13.2 Å². The summed E-state index contributed by atoms with van der Waals surface area (Å²) in [6.45, 7) is 7.36. The predicted octanol–water partition coefficient (Wildman–Crippen LogP) is 0.966. The molecular weight excluding hydrogens is 116 g/mol. The van der Waals surface area contributed by atoms with Crippen molar-refractivity contribution in [3.63, 3.8) is 0 Å². The van der Waals surface area contributed by atoms with Gasteiger partial charge in [0.2, 0.25) is 0 Å². The first kappa shape index (κ1) is 8.43. The minimum atomic E-state index is 0.692. The Labute approximate surface area is 56.1 Å². The summed E-state index contributed by atoms with van der Waals surface area (Å²) in [5.41, 5.74) is 2.63. The predicted molar refractivity (Wildman–Crippen MR) is 38.4 cm³/mol. The summed E-state index contributed by atoms with van der Waals surface area (Å²) in [4.78, 5) is 8.81. The molecule has 1 rings (SSSR count). The average Bonchev–Trinajstić information content (AvgIpc) is 1.94. The van der Waals surface area contributed by atoms with E-state index in [0.717, 1.165) is 12.4 Å². The summed E-state index contributed by atoms with van der Waals surface area (Å²) in [6, 6.07) is 0. The van der Waals surface area contributed by atoms with Gasteiger partial charge in [0, 0.05) is 0 Å². The van der Waals surface area contributed by atoms with Gasteiger partial charge in [0.05, 0.1) is 13.2 Å². The summed E-state index contributed by atoms with van der Waals surface area (Å²) in [7, 11) is 0. The van der Waals surface area contributed by atoms with E-state index in [1.807, 2.05) is 20.8 Å². The minimum absolute atomic E-state index is 0.692. The van der Waals surface area contributed by atoms with Gasteiger partial charge < -0.3 is 0 Å². The van der Waals surface area contributed by atoms with Crippen molar-refractivity contribution in [1.29, 1.82) is 0 Å². The van der Waals surface area contributed by atoms with Crippen molar-refractivity contribution < 1.29 is 4.84 Å². The van der Waals surface area contributed by atoms with Crippen LogP contribution < -0.4 is 5.48 Å². The van der Waals surface area contributed by atoms with E-state index in [0.29, 0.717) is 6.61 Å². The van der Waals surface area contributed by atoms with Crippen LogP contribution in [-0.4, -0.2) is 19.0 Å². The zero-order chi connectivity index (χ0) is 7.11. The van der Waals surface area contributed by atoms with E-state index in [1.54, 1.807) is 0 Å². The van der Waals surface area contributed by atoms with Gasteiger partial charge in [-0.1, -0.05) is 13.8 Å². The Balaban J connectivity index is 0.000000291. The van der Waals surface area contributed by atoms with Crippen LogP contribution in [0.1, 0.15) is 20.8 Å². The van der Waals surface area contributed by atoms with Gasteiger partial charge in [-0.2, -0.15) is 0 Å². The van der Waals surface area contributed by atoms with Crippen LogP contribution in [0.2, 0.25) is 0 Å². The average molecular weight is 130 g/mol. The standard InChI is InChI=1S/C4H8N2O.C2H6/c1-4-5-2-3-7-6-4;1-2/h2-3H2,1H3,(H,5,6);1-2H3. The molecule has 1 N–H and O–H groups in total. The van der Waals surface area contributed by atoms with Gasteiger partial charge in [-0.05, 0) is 6.92 Å². The Morgan fingerprint density at radius 3 is 2.44 bits per heavy atom. The zero-order valence-corrected chi connectivity index (χ0v) is 6.27. The highest BCUT2D eigenvalue weighted by atomic mass is 16.6. The minimum Gasteiger partial charge on any atom is -0.273 e. The largest absolute Gasteiger partial charge is 0.273 e. The van der Waals surface area contributed by atoms with Crippen LogP contribution in [-0.2, 0) is 4.84 Å². The monoisotopic (exact) mass is 130 g/mol. The third-order valence-electron chi connectivity index (χ3n) is 0.762. The first-order valence-corrected chi connectivity index (χ1v) is 3.28. The topological polar surface area (TPSA) is 33.6 Å². The van der Waals surface area contributed by atoms with Crippen molar-refractivity contribution >= 4 is 5.84 Å². The van der Waals surface area contributed by atoms with Gasteiger partial charge in [-0.25, -0.2) is 0 Å². The highest BCUT2D eigenvalue weighted by Crippen LogP contribution is 1.81. The summed E-state index contributed by atoms with van der Waals surface area (Å²) in [6.07, 6.45) is 0. The number of aliphatic imine (C=N–C) groups is 1. The maximum Gasteiger partial charge on any atom is 0.117 e. The van der Waals surface area contributed by atoms with Crippen molar-refractivity contribution in [2.45, 2.75) is 20.8 Å². The normalized spacial score (nSPS) is 16.6. The molecule has 54 valence electrons. The second kappa shape index (κ2) is 5.56. The molecule has 1 aliphatic rings. The molecule has 0 saturated heterocycles. The van der Waals surface area contributed by atoms with Crippen LogP contribution >= 0.6 is 0 Å². The van der Waals surface area contributed by atoms with Crippen LogP contribution in [0, 0.1) is 0 Å². The molecule has 9 heavy (non-hydrogen) atoms. The molecule has 0 aromatic rings. The third kappa shape index (κ3) is 3.97. The highest BCUT2D eigenvalue weighted by molar-refractivity contribution is 5.78. The first-order chi connectivity index (χ1) is 4.39. The molecule has 3 nitrogen and oxygen atoms in total. The van der Waals surface area contributed by atoms with E-state index < -0.39 is 0 Å². The van der Waals surface area contributed by atoms with Crippen LogP contribution in [0.4, 0.5) is 0 Å². The van der Waals surface area contributed by atoms with Crippen LogP contribution in [0.25, 0.3) is 0 Å². The second-order valence-corrected chi connectivity index (χ2v) is 1.42. The Morgan fingerprint density at radius 1 is 1.56 bits per heavy atom. The second-order valence-electron chi connectivity index (χ2n) is 1.42. The first-order valence-electron chi connectivity index (χ1n) is 3.28. The molecule has 0 aliphatic carbocycles. The van der Waals surface area contributed by atoms with E-state index in [9.17, 15) is 0 Å². The molecule has 0 radical (unpaired) electrons. The van der Waals surface area contributed by atoms with E-state index in [1.165, 1.54) is 0 Å². The molecule has 1 heterocycles. The van der Waals surface area contributed by atoms with Gasteiger partial charge in [0.25, 0.3) is 0 Å². The zero-order valence-electron chi connectivity index (χ0n) is 6.27. The summed E-state index contributed by atoms with van der Waals surface area (Å²) < 4.78 is 0. The van der Waals surface area contributed by atoms with Gasteiger partial charge in [-0.3, -0.25) is 15.3 Å². The van der Waals surface area contributed by atoms with E-state index in [-0.39, 0.29) is 0 Å². The van der Waals surface area contributed by atoms with Gasteiger partial charge in [0.15, 0.2) is 0 Å². The number of nitrogens with zero attached hydrogens (tertiary/aromatic N) is 1. The quantitative estimate of drug-likeness (QED) is 0.530.